The highest BCUT2D eigenvalue weighted by molar-refractivity contribution is 5.90. The second-order valence-corrected chi connectivity index (χ2v) is 5.68. The number of carboxylic acids is 1. The number of carbonyl (C=O) groups is 2. The van der Waals surface area contributed by atoms with Crippen molar-refractivity contribution in [2.45, 2.75) is 32.2 Å². The summed E-state index contributed by atoms with van der Waals surface area (Å²) in [6.45, 7) is 3.31. The van der Waals surface area contributed by atoms with Crippen LogP contribution in [0.15, 0.2) is 30.3 Å². The number of amides is 1. The van der Waals surface area contributed by atoms with E-state index >= 15 is 0 Å². The molecule has 0 saturated carbocycles. The number of para-hydroxylation sites is 1. The topological polar surface area (TPSA) is 69.6 Å². The van der Waals surface area contributed by atoms with Crippen LogP contribution in [0.5, 0.6) is 0 Å². The van der Waals surface area contributed by atoms with Gasteiger partial charge in [0.05, 0.1) is 0 Å². The molecule has 0 radical (unpaired) electrons. The highest BCUT2D eigenvalue weighted by Gasteiger charge is 2.31. The monoisotopic (exact) mass is 290 g/mol. The van der Waals surface area contributed by atoms with Gasteiger partial charge in [0.25, 0.3) is 0 Å². The molecule has 2 unspecified atom stereocenters. The van der Waals surface area contributed by atoms with Crippen molar-refractivity contribution in [3.8, 4) is 0 Å². The molecule has 114 valence electrons. The number of hydrogen-bond donors (Lipinski definition) is 2. The first-order valence-corrected chi connectivity index (χ1v) is 7.38. The fourth-order valence-corrected chi connectivity index (χ4v) is 2.70. The van der Waals surface area contributed by atoms with Gasteiger partial charge in [0.15, 0.2) is 0 Å². The van der Waals surface area contributed by atoms with Crippen LogP contribution in [0, 0.1) is 5.92 Å². The van der Waals surface area contributed by atoms with Gasteiger partial charge < -0.3 is 10.4 Å². The summed E-state index contributed by atoms with van der Waals surface area (Å²) in [7, 11) is 0. The van der Waals surface area contributed by atoms with E-state index in [0.29, 0.717) is 25.3 Å². The van der Waals surface area contributed by atoms with Crippen LogP contribution in [0.4, 0.5) is 5.69 Å². The summed E-state index contributed by atoms with van der Waals surface area (Å²) < 4.78 is 0. The van der Waals surface area contributed by atoms with Gasteiger partial charge in [-0.25, -0.2) is 0 Å². The standard InChI is InChI=1S/C16H22N2O3/c1-12-7-9-18(14(11-12)16(20)21)10-8-15(19)17-13-5-3-2-4-6-13/h2-6,12,14H,7-11H2,1H3,(H,17,19)(H,20,21). The van der Waals surface area contributed by atoms with Crippen molar-refractivity contribution in [3.63, 3.8) is 0 Å². The molecule has 1 aliphatic heterocycles. The van der Waals surface area contributed by atoms with Crippen molar-refractivity contribution in [2.24, 2.45) is 5.92 Å². The van der Waals surface area contributed by atoms with Crippen molar-refractivity contribution in [2.75, 3.05) is 18.4 Å². The molecule has 2 atom stereocenters. The summed E-state index contributed by atoms with van der Waals surface area (Å²) in [5.41, 5.74) is 0.768. The number of likely N-dealkylation sites (tertiary alicyclic amines) is 1. The van der Waals surface area contributed by atoms with Gasteiger partial charge in [0.1, 0.15) is 6.04 Å². The minimum Gasteiger partial charge on any atom is -0.480 e. The summed E-state index contributed by atoms with van der Waals surface area (Å²) in [5, 5.41) is 12.1. The van der Waals surface area contributed by atoms with Crippen molar-refractivity contribution in [3.05, 3.63) is 30.3 Å². The summed E-state index contributed by atoms with van der Waals surface area (Å²) in [5.74, 6) is -0.436. The predicted molar refractivity (Wildman–Crippen MR) is 81.1 cm³/mol. The quantitative estimate of drug-likeness (QED) is 0.872. The third kappa shape index (κ3) is 4.56. The molecule has 1 aromatic rings. The highest BCUT2D eigenvalue weighted by atomic mass is 16.4. The molecule has 1 fully saturated rings. The molecule has 5 heteroatoms. The summed E-state index contributed by atoms with van der Waals surface area (Å²) in [6, 6.07) is 8.83. The third-order valence-electron chi connectivity index (χ3n) is 3.94. The Labute approximate surface area is 125 Å². The Balaban J connectivity index is 1.83. The number of rotatable bonds is 5. The van der Waals surface area contributed by atoms with E-state index in [2.05, 4.69) is 12.2 Å². The lowest BCUT2D eigenvalue weighted by molar-refractivity contribution is -0.145. The van der Waals surface area contributed by atoms with Gasteiger partial charge in [-0.1, -0.05) is 25.1 Å². The Morgan fingerprint density at radius 3 is 2.71 bits per heavy atom. The number of hydrogen-bond acceptors (Lipinski definition) is 3. The average Bonchev–Trinajstić information content (AvgIpc) is 2.47. The number of nitrogens with one attached hydrogen (secondary N) is 1. The Bertz CT molecular complexity index is 490. The second kappa shape index (κ2) is 7.22. The fraction of sp³-hybridized carbons (Fsp3) is 0.500. The summed E-state index contributed by atoms with van der Waals surface area (Å²) in [4.78, 5) is 25.1. The molecule has 21 heavy (non-hydrogen) atoms. The Morgan fingerprint density at radius 1 is 1.33 bits per heavy atom. The molecule has 1 saturated heterocycles. The molecule has 2 rings (SSSR count). The van der Waals surface area contributed by atoms with E-state index in [9.17, 15) is 14.7 Å². The van der Waals surface area contributed by atoms with Crippen LogP contribution in [0.1, 0.15) is 26.2 Å². The van der Waals surface area contributed by atoms with E-state index in [1.54, 1.807) is 0 Å². The normalized spacial score (nSPS) is 22.7. The van der Waals surface area contributed by atoms with Crippen molar-refractivity contribution in [1.82, 2.24) is 4.90 Å². The zero-order valence-electron chi connectivity index (χ0n) is 12.3. The zero-order valence-corrected chi connectivity index (χ0v) is 12.3. The molecule has 0 spiro atoms. The van der Waals surface area contributed by atoms with Gasteiger partial charge in [0, 0.05) is 18.7 Å². The number of carboxylic acid groups (broad SMARTS) is 1. The van der Waals surface area contributed by atoms with Crippen LogP contribution in [0.25, 0.3) is 0 Å². The maximum Gasteiger partial charge on any atom is 0.320 e. The summed E-state index contributed by atoms with van der Waals surface area (Å²) in [6.07, 6.45) is 1.97. The van der Waals surface area contributed by atoms with Crippen LogP contribution in [0.2, 0.25) is 0 Å². The molecule has 1 aliphatic rings. The number of benzene rings is 1. The Hall–Kier alpha value is -1.88. The minimum atomic E-state index is -0.787. The van der Waals surface area contributed by atoms with E-state index in [1.165, 1.54) is 0 Å². The van der Waals surface area contributed by atoms with Gasteiger partial charge in [-0.15, -0.1) is 0 Å². The first-order chi connectivity index (χ1) is 10.1. The number of carbonyl (C=O) groups excluding carboxylic acids is 1. The van der Waals surface area contributed by atoms with E-state index in [1.807, 2.05) is 35.2 Å². The number of aliphatic carboxylic acids is 1. The number of piperidine rings is 1. The number of anilines is 1. The molecule has 0 aliphatic carbocycles. The molecule has 5 nitrogen and oxygen atoms in total. The van der Waals surface area contributed by atoms with Crippen LogP contribution < -0.4 is 5.32 Å². The van der Waals surface area contributed by atoms with Gasteiger partial charge in [-0.05, 0) is 37.4 Å². The SMILES string of the molecule is CC1CCN(CCC(=O)Nc2ccccc2)C(C(=O)O)C1. The average molecular weight is 290 g/mol. The molecule has 2 N–H and O–H groups in total. The molecular weight excluding hydrogens is 268 g/mol. The Kier molecular flexibility index (Phi) is 5.33. The van der Waals surface area contributed by atoms with Crippen molar-refractivity contribution >= 4 is 17.6 Å². The third-order valence-corrected chi connectivity index (χ3v) is 3.94. The highest BCUT2D eigenvalue weighted by Crippen LogP contribution is 2.22. The van der Waals surface area contributed by atoms with Crippen molar-refractivity contribution < 1.29 is 14.7 Å². The van der Waals surface area contributed by atoms with Crippen LogP contribution in [-0.4, -0.2) is 41.0 Å². The number of nitrogens with zero attached hydrogens (tertiary/aromatic N) is 1. The summed E-state index contributed by atoms with van der Waals surface area (Å²) >= 11 is 0. The lowest BCUT2D eigenvalue weighted by Crippen LogP contribution is -2.47. The zero-order chi connectivity index (χ0) is 15.2. The van der Waals surface area contributed by atoms with Crippen LogP contribution in [-0.2, 0) is 9.59 Å². The first kappa shape index (κ1) is 15.5. The molecule has 1 amide bonds. The molecule has 0 aromatic heterocycles. The smallest absolute Gasteiger partial charge is 0.320 e. The molecule has 1 aromatic carbocycles. The maximum atomic E-state index is 11.9. The van der Waals surface area contributed by atoms with E-state index in [-0.39, 0.29) is 5.91 Å². The Morgan fingerprint density at radius 2 is 2.05 bits per heavy atom. The second-order valence-electron chi connectivity index (χ2n) is 5.68. The fourth-order valence-electron chi connectivity index (χ4n) is 2.70. The van der Waals surface area contributed by atoms with Gasteiger partial charge in [-0.2, -0.15) is 0 Å². The van der Waals surface area contributed by atoms with E-state index in [4.69, 9.17) is 0 Å². The van der Waals surface area contributed by atoms with Gasteiger partial charge in [-0.3, -0.25) is 14.5 Å². The van der Waals surface area contributed by atoms with E-state index < -0.39 is 12.0 Å². The molecular formula is C16H22N2O3. The minimum absolute atomic E-state index is 0.0797. The van der Waals surface area contributed by atoms with Gasteiger partial charge >= 0.3 is 5.97 Å². The molecule has 0 bridgehead atoms. The maximum absolute atomic E-state index is 11.9. The lowest BCUT2D eigenvalue weighted by atomic mass is 9.92. The van der Waals surface area contributed by atoms with Crippen LogP contribution >= 0.6 is 0 Å². The predicted octanol–water partition coefficient (Wildman–Crippen LogP) is 2.20. The first-order valence-electron chi connectivity index (χ1n) is 7.38. The van der Waals surface area contributed by atoms with E-state index in [0.717, 1.165) is 18.7 Å². The van der Waals surface area contributed by atoms with Gasteiger partial charge in [0.2, 0.25) is 5.91 Å². The van der Waals surface area contributed by atoms with Crippen molar-refractivity contribution in [1.29, 1.82) is 0 Å². The lowest BCUT2D eigenvalue weighted by Gasteiger charge is -2.35. The van der Waals surface area contributed by atoms with Crippen LogP contribution in [0.3, 0.4) is 0 Å². The molecule has 1 heterocycles. The largest absolute Gasteiger partial charge is 0.480 e.